The van der Waals surface area contributed by atoms with E-state index in [1.54, 1.807) is 12.1 Å². The summed E-state index contributed by atoms with van der Waals surface area (Å²) < 4.78 is 10.8. The monoisotopic (exact) mass is 388 g/mol. The van der Waals surface area contributed by atoms with E-state index >= 15 is 0 Å². The first kappa shape index (κ1) is 20.1. The van der Waals surface area contributed by atoms with E-state index in [-0.39, 0.29) is 23.7 Å². The second-order valence-corrected chi connectivity index (χ2v) is 7.06. The molecule has 2 aliphatic rings. The summed E-state index contributed by atoms with van der Waals surface area (Å²) in [7, 11) is 1.44. The normalized spacial score (nSPS) is 30.5. The summed E-state index contributed by atoms with van der Waals surface area (Å²) in [5, 5.41) is 30.5. The smallest absolute Gasteiger partial charge is 0.342 e. The average Bonchev–Trinajstić information content (AvgIpc) is 3.10. The van der Waals surface area contributed by atoms with Crippen LogP contribution in [0.1, 0.15) is 41.6 Å². The molecule has 1 heterocycles. The second-order valence-electron chi connectivity index (χ2n) is 7.06. The molecule has 3 rings (SSSR count). The lowest BCUT2D eigenvalue weighted by Crippen LogP contribution is -2.32. The van der Waals surface area contributed by atoms with E-state index in [1.165, 1.54) is 31.4 Å². The van der Waals surface area contributed by atoms with Crippen LogP contribution in [-0.2, 0) is 9.53 Å². The molecular weight excluding hydrogens is 364 g/mol. The van der Waals surface area contributed by atoms with Crippen LogP contribution < -0.4 is 4.74 Å². The molecule has 7 heteroatoms. The maximum absolute atomic E-state index is 12.8. The number of hydrogen-bond donors (Lipinski definition) is 3. The first-order valence-corrected chi connectivity index (χ1v) is 9.27. The minimum atomic E-state index is -1.54. The quantitative estimate of drug-likeness (QED) is 0.631. The number of phenolic OH excluding ortho intramolecular Hbond substituents is 1. The SMILES string of the molecule is COc1cc(O)c2c(c1)/C=C/CC(O)C(O)C(=O)/C=C\[C@H]1CCCC1OC2=O. The number of rotatable bonds is 1. The largest absolute Gasteiger partial charge is 0.507 e. The van der Waals surface area contributed by atoms with Crippen molar-refractivity contribution in [3.8, 4) is 11.5 Å². The number of esters is 1. The molecule has 7 nitrogen and oxygen atoms in total. The van der Waals surface area contributed by atoms with Crippen molar-refractivity contribution in [3.63, 3.8) is 0 Å². The standard InChI is InChI=1S/C21H24O7/c1-27-14-10-13-5-2-6-15(22)20(25)16(23)9-8-12-4-3-7-18(12)28-21(26)19(13)17(24)11-14/h2,5,8-12,15,18,20,22,24-25H,3-4,6-7H2,1H3/b5-2+,9-8-/t12-,15?,18?,20?/m1/s1. The molecule has 1 aliphatic heterocycles. The number of carbonyl (C=O) groups is 2. The van der Waals surface area contributed by atoms with Crippen molar-refractivity contribution >= 4 is 17.8 Å². The number of carbonyl (C=O) groups excluding carboxylic acids is 2. The lowest BCUT2D eigenvalue weighted by atomic mass is 9.99. The molecule has 1 aromatic carbocycles. The van der Waals surface area contributed by atoms with Gasteiger partial charge in [-0.05, 0) is 43.4 Å². The van der Waals surface area contributed by atoms with Gasteiger partial charge in [-0.2, -0.15) is 0 Å². The number of aliphatic hydroxyl groups is 2. The molecule has 0 radical (unpaired) electrons. The number of ketones is 1. The number of ether oxygens (including phenoxy) is 2. The van der Waals surface area contributed by atoms with Crippen molar-refractivity contribution in [1.29, 1.82) is 0 Å². The first-order chi connectivity index (χ1) is 13.4. The maximum Gasteiger partial charge on any atom is 0.342 e. The molecule has 150 valence electrons. The summed E-state index contributed by atoms with van der Waals surface area (Å²) in [5.41, 5.74) is 0.367. The van der Waals surface area contributed by atoms with E-state index in [1.807, 2.05) is 0 Å². The second kappa shape index (κ2) is 8.58. The molecule has 1 aliphatic carbocycles. The Bertz CT molecular complexity index is 811. The van der Waals surface area contributed by atoms with Gasteiger partial charge in [-0.1, -0.05) is 18.2 Å². The lowest BCUT2D eigenvalue weighted by Gasteiger charge is -2.20. The molecule has 4 atom stereocenters. The third-order valence-corrected chi connectivity index (χ3v) is 5.16. The molecule has 1 aromatic rings. The van der Waals surface area contributed by atoms with E-state index in [0.717, 1.165) is 12.8 Å². The first-order valence-electron chi connectivity index (χ1n) is 9.27. The summed E-state index contributed by atoms with van der Waals surface area (Å²) in [4.78, 5) is 24.9. The Morgan fingerprint density at radius 1 is 1.14 bits per heavy atom. The van der Waals surface area contributed by atoms with Gasteiger partial charge in [-0.25, -0.2) is 4.79 Å². The number of methoxy groups -OCH3 is 1. The van der Waals surface area contributed by atoms with Crippen molar-refractivity contribution in [2.24, 2.45) is 5.92 Å². The molecule has 0 bridgehead atoms. The molecular formula is C21H24O7. The molecule has 0 saturated heterocycles. The summed E-state index contributed by atoms with van der Waals surface area (Å²) in [6, 6.07) is 2.90. The van der Waals surface area contributed by atoms with Crippen LogP contribution in [0.2, 0.25) is 0 Å². The van der Waals surface area contributed by atoms with Crippen LogP contribution in [0.4, 0.5) is 0 Å². The van der Waals surface area contributed by atoms with Crippen LogP contribution in [0, 0.1) is 5.92 Å². The third-order valence-electron chi connectivity index (χ3n) is 5.16. The van der Waals surface area contributed by atoms with Crippen LogP contribution >= 0.6 is 0 Å². The van der Waals surface area contributed by atoms with Crippen LogP contribution in [0.25, 0.3) is 6.08 Å². The molecule has 1 fully saturated rings. The van der Waals surface area contributed by atoms with Gasteiger partial charge in [0.05, 0.1) is 13.2 Å². The van der Waals surface area contributed by atoms with E-state index in [2.05, 4.69) is 0 Å². The van der Waals surface area contributed by atoms with E-state index in [4.69, 9.17) is 9.47 Å². The van der Waals surface area contributed by atoms with Crippen molar-refractivity contribution < 1.29 is 34.4 Å². The fourth-order valence-corrected chi connectivity index (χ4v) is 3.58. The Balaban J connectivity index is 2.03. The van der Waals surface area contributed by atoms with Gasteiger partial charge < -0.3 is 24.8 Å². The highest BCUT2D eigenvalue weighted by Crippen LogP contribution is 2.34. The summed E-state index contributed by atoms with van der Waals surface area (Å²) in [6.07, 6.45) is 4.84. The Hall–Kier alpha value is -2.64. The van der Waals surface area contributed by atoms with Gasteiger partial charge in [0.1, 0.15) is 29.3 Å². The molecule has 1 saturated carbocycles. The number of fused-ring (bicyclic) bond motifs is 2. The average molecular weight is 388 g/mol. The Morgan fingerprint density at radius 3 is 2.68 bits per heavy atom. The van der Waals surface area contributed by atoms with Gasteiger partial charge in [0.2, 0.25) is 0 Å². The topological polar surface area (TPSA) is 113 Å². The van der Waals surface area contributed by atoms with Crippen LogP contribution in [-0.4, -0.2) is 52.5 Å². The predicted molar refractivity (Wildman–Crippen MR) is 101 cm³/mol. The summed E-state index contributed by atoms with van der Waals surface area (Å²) >= 11 is 0. The van der Waals surface area contributed by atoms with Gasteiger partial charge in [0, 0.05) is 12.0 Å². The zero-order chi connectivity index (χ0) is 20.3. The number of aromatic hydroxyl groups is 1. The number of benzene rings is 1. The van der Waals surface area contributed by atoms with Crippen LogP contribution in [0.3, 0.4) is 0 Å². The van der Waals surface area contributed by atoms with Gasteiger partial charge in [0.25, 0.3) is 0 Å². The number of hydrogen-bond acceptors (Lipinski definition) is 7. The molecule has 0 spiro atoms. The molecule has 28 heavy (non-hydrogen) atoms. The molecule has 0 aromatic heterocycles. The van der Waals surface area contributed by atoms with Crippen molar-refractivity contribution in [2.45, 2.75) is 44.0 Å². The molecule has 3 unspecified atom stereocenters. The van der Waals surface area contributed by atoms with Crippen molar-refractivity contribution in [3.05, 3.63) is 41.5 Å². The minimum Gasteiger partial charge on any atom is -0.507 e. The van der Waals surface area contributed by atoms with Gasteiger partial charge in [-0.15, -0.1) is 0 Å². The fraction of sp³-hybridized carbons (Fsp3) is 0.429. The highest BCUT2D eigenvalue weighted by molar-refractivity contribution is 5.97. The van der Waals surface area contributed by atoms with E-state index < -0.39 is 30.1 Å². The van der Waals surface area contributed by atoms with Crippen molar-refractivity contribution in [1.82, 2.24) is 0 Å². The highest BCUT2D eigenvalue weighted by atomic mass is 16.5. The zero-order valence-corrected chi connectivity index (χ0v) is 15.6. The predicted octanol–water partition coefficient (Wildman–Crippen LogP) is 1.99. The van der Waals surface area contributed by atoms with E-state index in [0.29, 0.717) is 17.7 Å². The van der Waals surface area contributed by atoms with E-state index in [9.17, 15) is 24.9 Å². The van der Waals surface area contributed by atoms with Crippen LogP contribution in [0.5, 0.6) is 11.5 Å². The molecule has 3 N–H and O–H groups in total. The molecule has 0 amide bonds. The third kappa shape index (κ3) is 4.26. The van der Waals surface area contributed by atoms with Gasteiger partial charge in [0.15, 0.2) is 5.78 Å². The lowest BCUT2D eigenvalue weighted by molar-refractivity contribution is -0.127. The highest BCUT2D eigenvalue weighted by Gasteiger charge is 2.31. The summed E-state index contributed by atoms with van der Waals surface area (Å²) in [5.74, 6) is -1.33. The number of phenols is 1. The van der Waals surface area contributed by atoms with Gasteiger partial charge >= 0.3 is 5.97 Å². The van der Waals surface area contributed by atoms with Crippen molar-refractivity contribution in [2.75, 3.05) is 7.11 Å². The Labute approximate surface area is 162 Å². The summed E-state index contributed by atoms with van der Waals surface area (Å²) in [6.45, 7) is 0. The maximum atomic E-state index is 12.8. The Kier molecular flexibility index (Phi) is 6.16. The van der Waals surface area contributed by atoms with Gasteiger partial charge in [-0.3, -0.25) is 4.79 Å². The fourth-order valence-electron chi connectivity index (χ4n) is 3.58. The zero-order valence-electron chi connectivity index (χ0n) is 15.6. The minimum absolute atomic E-state index is 0.00912. The number of aliphatic hydroxyl groups excluding tert-OH is 2. The Morgan fingerprint density at radius 2 is 1.93 bits per heavy atom. The van der Waals surface area contributed by atoms with Crippen LogP contribution in [0.15, 0.2) is 30.4 Å².